The highest BCUT2D eigenvalue weighted by atomic mass is 19.1. The number of nitrogens with two attached hydrogens (primary N) is 1. The zero-order chi connectivity index (χ0) is 16.4. The summed E-state index contributed by atoms with van der Waals surface area (Å²) in [6.07, 6.45) is 0. The number of benzene rings is 2. The summed E-state index contributed by atoms with van der Waals surface area (Å²) in [4.78, 5) is 12.1. The second-order valence-corrected chi connectivity index (χ2v) is 5.24. The number of urea groups is 1. The average molecular weight is 313 g/mol. The minimum atomic E-state index is -0.386. The molecular weight excluding hydrogens is 297 g/mol. The molecule has 7 heteroatoms. The summed E-state index contributed by atoms with van der Waals surface area (Å²) in [6.45, 7) is 1.78. The smallest absolute Gasteiger partial charge is 0.319 e. The molecule has 6 nitrogen and oxygen atoms in total. The van der Waals surface area contributed by atoms with E-state index in [-0.39, 0.29) is 17.9 Å². The minimum Gasteiger partial charge on any atom is -0.382 e. The maximum Gasteiger partial charge on any atom is 0.319 e. The van der Waals surface area contributed by atoms with Crippen LogP contribution in [-0.4, -0.2) is 16.2 Å². The molecule has 3 aromatic rings. The van der Waals surface area contributed by atoms with Gasteiger partial charge in [0.1, 0.15) is 5.82 Å². The highest BCUT2D eigenvalue weighted by Gasteiger charge is 2.11. The Bertz CT molecular complexity index is 861. The van der Waals surface area contributed by atoms with Crippen LogP contribution in [0.4, 0.5) is 20.7 Å². The lowest BCUT2D eigenvalue weighted by Crippen LogP contribution is -2.31. The van der Waals surface area contributed by atoms with E-state index in [4.69, 9.17) is 5.73 Å². The number of nitrogen functional groups attached to an aromatic ring is 1. The molecule has 0 saturated heterocycles. The number of halogens is 1. The van der Waals surface area contributed by atoms with Gasteiger partial charge >= 0.3 is 6.03 Å². The van der Waals surface area contributed by atoms with Crippen LogP contribution in [0.2, 0.25) is 0 Å². The third-order valence-corrected chi connectivity index (χ3v) is 3.55. The van der Waals surface area contributed by atoms with Gasteiger partial charge in [-0.05, 0) is 42.8 Å². The number of amides is 2. The summed E-state index contributed by atoms with van der Waals surface area (Å²) < 4.78 is 13.2. The Morgan fingerprint density at radius 3 is 2.91 bits per heavy atom. The second kappa shape index (κ2) is 5.96. The summed E-state index contributed by atoms with van der Waals surface area (Å²) in [5.41, 5.74) is 7.82. The van der Waals surface area contributed by atoms with E-state index in [0.717, 1.165) is 10.9 Å². The van der Waals surface area contributed by atoms with Gasteiger partial charge in [-0.25, -0.2) is 9.18 Å². The van der Waals surface area contributed by atoms with E-state index in [1.165, 1.54) is 12.1 Å². The van der Waals surface area contributed by atoms with Crippen LogP contribution in [0.5, 0.6) is 0 Å². The molecule has 1 aromatic heterocycles. The van der Waals surface area contributed by atoms with Crippen molar-refractivity contribution in [2.75, 3.05) is 11.1 Å². The molecule has 0 bridgehead atoms. The quantitative estimate of drug-likeness (QED) is 0.598. The first-order chi connectivity index (χ1) is 11.0. The monoisotopic (exact) mass is 313 g/mol. The standard InChI is InChI=1S/C16H16FN5O/c1-9(10-3-2-4-11(17)7-10)19-16(23)20-12-5-6-14-13(8-12)15(18)22-21-14/h2-9H,1H3,(H3,18,21,22)(H2,19,20,23)/t9-/m0/s1. The van der Waals surface area contributed by atoms with Crippen LogP contribution in [0.3, 0.4) is 0 Å². The molecule has 0 aliphatic carbocycles. The van der Waals surface area contributed by atoms with E-state index in [0.29, 0.717) is 17.1 Å². The Balaban J connectivity index is 1.69. The predicted molar refractivity (Wildman–Crippen MR) is 87.5 cm³/mol. The van der Waals surface area contributed by atoms with Gasteiger partial charge in [-0.3, -0.25) is 5.10 Å². The fourth-order valence-corrected chi connectivity index (χ4v) is 2.34. The minimum absolute atomic E-state index is 0.326. The van der Waals surface area contributed by atoms with Crippen LogP contribution in [0.25, 0.3) is 10.9 Å². The topological polar surface area (TPSA) is 95.8 Å². The van der Waals surface area contributed by atoms with Gasteiger partial charge in [-0.1, -0.05) is 12.1 Å². The van der Waals surface area contributed by atoms with Crippen molar-refractivity contribution in [3.8, 4) is 0 Å². The molecule has 118 valence electrons. The van der Waals surface area contributed by atoms with Crippen LogP contribution in [0.15, 0.2) is 42.5 Å². The molecular formula is C16H16FN5O. The van der Waals surface area contributed by atoms with Gasteiger partial charge in [0.25, 0.3) is 0 Å². The zero-order valence-corrected chi connectivity index (χ0v) is 12.4. The number of anilines is 2. The van der Waals surface area contributed by atoms with Crippen LogP contribution in [0, 0.1) is 5.82 Å². The number of nitrogens with zero attached hydrogens (tertiary/aromatic N) is 1. The number of nitrogens with one attached hydrogen (secondary N) is 3. The van der Waals surface area contributed by atoms with Crippen LogP contribution >= 0.6 is 0 Å². The molecule has 2 aromatic carbocycles. The number of carbonyl (C=O) groups is 1. The molecule has 0 aliphatic heterocycles. The van der Waals surface area contributed by atoms with Crippen LogP contribution < -0.4 is 16.4 Å². The summed E-state index contributed by atoms with van der Waals surface area (Å²) in [7, 11) is 0. The molecule has 0 fully saturated rings. The number of H-pyrrole nitrogens is 1. The molecule has 0 aliphatic rings. The largest absolute Gasteiger partial charge is 0.382 e. The Morgan fingerprint density at radius 1 is 1.30 bits per heavy atom. The molecule has 5 N–H and O–H groups in total. The molecule has 1 heterocycles. The van der Waals surface area contributed by atoms with E-state index >= 15 is 0 Å². The Kier molecular flexibility index (Phi) is 3.84. The maximum atomic E-state index is 13.2. The van der Waals surface area contributed by atoms with Crippen LogP contribution in [-0.2, 0) is 0 Å². The lowest BCUT2D eigenvalue weighted by molar-refractivity contribution is 0.249. The molecule has 0 unspecified atom stereocenters. The maximum absolute atomic E-state index is 13.2. The number of aromatic nitrogens is 2. The van der Waals surface area contributed by atoms with Crippen LogP contribution in [0.1, 0.15) is 18.5 Å². The zero-order valence-electron chi connectivity index (χ0n) is 12.4. The number of aromatic amines is 1. The van der Waals surface area contributed by atoms with Gasteiger partial charge in [-0.2, -0.15) is 5.10 Å². The third kappa shape index (κ3) is 3.23. The predicted octanol–water partition coefficient (Wildman–Crippen LogP) is 3.17. The fourth-order valence-electron chi connectivity index (χ4n) is 2.34. The van der Waals surface area contributed by atoms with Crippen molar-refractivity contribution in [2.24, 2.45) is 0 Å². The average Bonchev–Trinajstić information content (AvgIpc) is 2.88. The van der Waals surface area contributed by atoms with E-state index in [9.17, 15) is 9.18 Å². The van der Waals surface area contributed by atoms with Gasteiger partial charge in [0, 0.05) is 11.1 Å². The summed E-state index contributed by atoms with van der Waals surface area (Å²) in [5, 5.41) is 12.9. The van der Waals surface area contributed by atoms with Crippen molar-refractivity contribution in [1.82, 2.24) is 15.5 Å². The number of fused-ring (bicyclic) bond motifs is 1. The van der Waals surface area contributed by atoms with Crippen molar-refractivity contribution in [3.63, 3.8) is 0 Å². The molecule has 0 spiro atoms. The van der Waals surface area contributed by atoms with Crippen molar-refractivity contribution < 1.29 is 9.18 Å². The van der Waals surface area contributed by atoms with E-state index in [1.54, 1.807) is 37.3 Å². The van der Waals surface area contributed by atoms with Crippen molar-refractivity contribution in [3.05, 3.63) is 53.8 Å². The van der Waals surface area contributed by atoms with Gasteiger partial charge < -0.3 is 16.4 Å². The molecule has 1 atom stereocenters. The fraction of sp³-hybridized carbons (Fsp3) is 0.125. The first kappa shape index (κ1) is 14.8. The van der Waals surface area contributed by atoms with Gasteiger partial charge in [0.05, 0.1) is 11.6 Å². The molecule has 2 amide bonds. The third-order valence-electron chi connectivity index (χ3n) is 3.55. The molecule has 23 heavy (non-hydrogen) atoms. The van der Waals surface area contributed by atoms with Gasteiger partial charge in [0.15, 0.2) is 5.82 Å². The van der Waals surface area contributed by atoms with Crippen molar-refractivity contribution in [2.45, 2.75) is 13.0 Å². The molecule has 0 radical (unpaired) electrons. The molecule has 3 rings (SSSR count). The summed E-state index contributed by atoms with van der Waals surface area (Å²) >= 11 is 0. The van der Waals surface area contributed by atoms with Gasteiger partial charge in [-0.15, -0.1) is 0 Å². The summed E-state index contributed by atoms with van der Waals surface area (Å²) in [6, 6.07) is 10.7. The Hall–Kier alpha value is -3.09. The van der Waals surface area contributed by atoms with Crippen molar-refractivity contribution in [1.29, 1.82) is 0 Å². The summed E-state index contributed by atoms with van der Waals surface area (Å²) in [5.74, 6) is 0.0367. The normalized spacial score (nSPS) is 12.1. The number of carbonyl (C=O) groups excluding carboxylic acids is 1. The molecule has 0 saturated carbocycles. The van der Waals surface area contributed by atoms with Gasteiger partial charge in [0.2, 0.25) is 0 Å². The Labute approximate surface area is 131 Å². The highest BCUT2D eigenvalue weighted by molar-refractivity contribution is 5.95. The van der Waals surface area contributed by atoms with E-state index in [1.807, 2.05) is 0 Å². The first-order valence-electron chi connectivity index (χ1n) is 7.09. The number of rotatable bonds is 3. The van der Waals surface area contributed by atoms with E-state index in [2.05, 4.69) is 20.8 Å². The first-order valence-corrected chi connectivity index (χ1v) is 7.09. The lowest BCUT2D eigenvalue weighted by atomic mass is 10.1. The van der Waals surface area contributed by atoms with E-state index < -0.39 is 0 Å². The number of hydrogen-bond donors (Lipinski definition) is 4. The lowest BCUT2D eigenvalue weighted by Gasteiger charge is -2.15. The Morgan fingerprint density at radius 2 is 2.13 bits per heavy atom. The SMILES string of the molecule is C[C@H](NC(=O)Nc1ccc2[nH]nc(N)c2c1)c1cccc(F)c1. The van der Waals surface area contributed by atoms with Crippen molar-refractivity contribution >= 4 is 28.4 Å². The number of hydrogen-bond acceptors (Lipinski definition) is 3. The second-order valence-electron chi connectivity index (χ2n) is 5.24. The highest BCUT2D eigenvalue weighted by Crippen LogP contribution is 2.22.